The molecule has 0 N–H and O–H groups in total. The summed E-state index contributed by atoms with van der Waals surface area (Å²) in [5.41, 5.74) is 0.137. The second kappa shape index (κ2) is 10.2. The smallest absolute Gasteiger partial charge is 0.411 e. The van der Waals surface area contributed by atoms with Crippen LogP contribution in [0.2, 0.25) is 0 Å². The van der Waals surface area contributed by atoms with Gasteiger partial charge in [-0.15, -0.1) is 0 Å². The first-order chi connectivity index (χ1) is 14.2. The third-order valence-corrected chi connectivity index (χ3v) is 4.51. The molecule has 1 aliphatic rings. The molecule has 0 aromatic heterocycles. The third kappa shape index (κ3) is 6.05. The van der Waals surface area contributed by atoms with Gasteiger partial charge in [0, 0.05) is 18.2 Å². The number of carbonyl (C=O) groups is 2. The van der Waals surface area contributed by atoms with E-state index in [1.807, 2.05) is 0 Å². The van der Waals surface area contributed by atoms with Crippen LogP contribution in [-0.2, 0) is 14.3 Å². The first kappa shape index (κ1) is 23.4. The van der Waals surface area contributed by atoms with Gasteiger partial charge in [0.15, 0.2) is 11.5 Å². The van der Waals surface area contributed by atoms with Crippen LogP contribution < -0.4 is 14.2 Å². The van der Waals surface area contributed by atoms with E-state index in [0.717, 1.165) is 12.0 Å². The normalized spacial score (nSPS) is 16.5. The van der Waals surface area contributed by atoms with Crippen molar-refractivity contribution < 1.29 is 33.3 Å². The number of benzene rings is 1. The molecule has 2 rings (SSSR count). The molecular weight excluding hydrogens is 390 g/mol. The molecule has 8 heteroatoms. The lowest BCUT2D eigenvalue weighted by atomic mass is 10.1. The summed E-state index contributed by atoms with van der Waals surface area (Å²) < 4.78 is 26.7. The fourth-order valence-electron chi connectivity index (χ4n) is 3.14. The second-order valence-corrected chi connectivity index (χ2v) is 7.81. The van der Waals surface area contributed by atoms with E-state index in [1.165, 1.54) is 4.90 Å². The van der Waals surface area contributed by atoms with Gasteiger partial charge >= 0.3 is 12.1 Å². The molecule has 1 aliphatic heterocycles. The molecule has 0 aliphatic carbocycles. The fraction of sp³-hybridized carbons (Fsp3) is 0.545. The quantitative estimate of drug-likeness (QED) is 0.621. The zero-order chi connectivity index (χ0) is 22.3. The topological polar surface area (TPSA) is 83.5 Å². The Labute approximate surface area is 177 Å². The minimum atomic E-state index is -0.621. The summed E-state index contributed by atoms with van der Waals surface area (Å²) in [5, 5.41) is 0. The molecule has 8 nitrogen and oxygen atoms in total. The number of hydrogen-bond acceptors (Lipinski definition) is 7. The SMILES string of the molecule is COc1cc(OC)c(OC)cc1/C=C/COC(=O)[C@@H]1CCCN1C(=O)OC(C)(C)C. The molecule has 0 unspecified atom stereocenters. The average molecular weight is 421 g/mol. The summed E-state index contributed by atoms with van der Waals surface area (Å²) in [4.78, 5) is 26.2. The maximum absolute atomic E-state index is 12.5. The number of rotatable bonds is 7. The van der Waals surface area contributed by atoms with Crippen LogP contribution in [0, 0.1) is 0 Å². The minimum absolute atomic E-state index is 0.0645. The molecule has 1 aromatic carbocycles. The summed E-state index contributed by atoms with van der Waals surface area (Å²) in [6.07, 6.45) is 4.28. The van der Waals surface area contributed by atoms with Gasteiger partial charge in [-0.2, -0.15) is 0 Å². The molecule has 1 aromatic rings. The Balaban J connectivity index is 1.98. The zero-order valence-electron chi connectivity index (χ0n) is 18.5. The highest BCUT2D eigenvalue weighted by Gasteiger charge is 2.37. The molecule has 1 atom stereocenters. The molecule has 1 amide bonds. The summed E-state index contributed by atoms with van der Waals surface area (Å²) in [6, 6.07) is 2.88. The van der Waals surface area contributed by atoms with E-state index in [0.29, 0.717) is 30.2 Å². The number of nitrogens with zero attached hydrogens (tertiary/aromatic N) is 1. The van der Waals surface area contributed by atoms with Crippen LogP contribution in [0.25, 0.3) is 6.08 Å². The van der Waals surface area contributed by atoms with Crippen LogP contribution in [0.3, 0.4) is 0 Å². The molecule has 1 heterocycles. The lowest BCUT2D eigenvalue weighted by Gasteiger charge is -2.27. The summed E-state index contributed by atoms with van der Waals surface area (Å²) in [5.74, 6) is 1.28. The Morgan fingerprint density at radius 1 is 1.07 bits per heavy atom. The van der Waals surface area contributed by atoms with Crippen molar-refractivity contribution in [3.05, 3.63) is 23.8 Å². The van der Waals surface area contributed by atoms with Gasteiger partial charge in [0.05, 0.1) is 21.3 Å². The van der Waals surface area contributed by atoms with E-state index >= 15 is 0 Å². The summed E-state index contributed by atoms with van der Waals surface area (Å²) in [6.45, 7) is 5.92. The van der Waals surface area contributed by atoms with Crippen molar-refractivity contribution in [1.82, 2.24) is 4.90 Å². The number of ether oxygens (including phenoxy) is 5. The molecule has 1 saturated heterocycles. The molecule has 30 heavy (non-hydrogen) atoms. The molecule has 1 fully saturated rings. The highest BCUT2D eigenvalue weighted by Crippen LogP contribution is 2.35. The van der Waals surface area contributed by atoms with Gasteiger partial charge in [0.1, 0.15) is 24.0 Å². The van der Waals surface area contributed by atoms with Crippen molar-refractivity contribution >= 4 is 18.1 Å². The van der Waals surface area contributed by atoms with Crippen LogP contribution in [0.5, 0.6) is 17.2 Å². The lowest BCUT2D eigenvalue weighted by molar-refractivity contribution is -0.147. The van der Waals surface area contributed by atoms with Crippen LogP contribution in [0.15, 0.2) is 18.2 Å². The highest BCUT2D eigenvalue weighted by atomic mass is 16.6. The van der Waals surface area contributed by atoms with Crippen LogP contribution in [-0.4, -0.2) is 63.1 Å². The largest absolute Gasteiger partial charge is 0.496 e. The van der Waals surface area contributed by atoms with Crippen LogP contribution >= 0.6 is 0 Å². The van der Waals surface area contributed by atoms with Crippen LogP contribution in [0.1, 0.15) is 39.2 Å². The fourth-order valence-corrected chi connectivity index (χ4v) is 3.14. The first-order valence-corrected chi connectivity index (χ1v) is 9.83. The Bertz CT molecular complexity index is 782. The molecule has 0 saturated carbocycles. The van der Waals surface area contributed by atoms with Gasteiger partial charge in [0.25, 0.3) is 0 Å². The van der Waals surface area contributed by atoms with Crippen molar-refractivity contribution in [3.63, 3.8) is 0 Å². The van der Waals surface area contributed by atoms with Gasteiger partial charge in [0.2, 0.25) is 0 Å². The van der Waals surface area contributed by atoms with Crippen molar-refractivity contribution in [2.45, 2.75) is 45.3 Å². The van der Waals surface area contributed by atoms with Gasteiger partial charge in [-0.1, -0.05) is 6.08 Å². The Morgan fingerprint density at radius 2 is 1.70 bits per heavy atom. The number of carbonyl (C=O) groups excluding carboxylic acids is 2. The number of likely N-dealkylation sites (tertiary alicyclic amines) is 1. The van der Waals surface area contributed by atoms with Gasteiger partial charge < -0.3 is 23.7 Å². The van der Waals surface area contributed by atoms with Gasteiger partial charge in [-0.05, 0) is 45.8 Å². The molecule has 166 valence electrons. The van der Waals surface area contributed by atoms with Crippen molar-refractivity contribution in [3.8, 4) is 17.2 Å². The number of esters is 1. The average Bonchev–Trinajstić information content (AvgIpc) is 3.19. The number of amides is 1. The Morgan fingerprint density at radius 3 is 2.30 bits per heavy atom. The van der Waals surface area contributed by atoms with Crippen LogP contribution in [0.4, 0.5) is 4.79 Å². The van der Waals surface area contributed by atoms with E-state index in [-0.39, 0.29) is 6.61 Å². The Kier molecular flexibility index (Phi) is 7.97. The van der Waals surface area contributed by atoms with Crippen molar-refractivity contribution in [2.24, 2.45) is 0 Å². The summed E-state index contributed by atoms with van der Waals surface area (Å²) in [7, 11) is 4.66. The van der Waals surface area contributed by atoms with E-state index in [9.17, 15) is 9.59 Å². The predicted molar refractivity (Wildman–Crippen MR) is 112 cm³/mol. The highest BCUT2D eigenvalue weighted by molar-refractivity contribution is 5.82. The Hall–Kier alpha value is -2.90. The van der Waals surface area contributed by atoms with Gasteiger partial charge in [-0.25, -0.2) is 9.59 Å². The molecule has 0 bridgehead atoms. The number of methoxy groups -OCH3 is 3. The van der Waals surface area contributed by atoms with E-state index in [1.54, 1.807) is 66.4 Å². The van der Waals surface area contributed by atoms with E-state index < -0.39 is 23.7 Å². The first-order valence-electron chi connectivity index (χ1n) is 9.83. The standard InChI is InChI=1S/C22H31NO7/c1-22(2,3)30-21(25)23-11-7-10-16(23)20(24)29-12-8-9-15-13-18(27-5)19(28-6)14-17(15)26-4/h8-9,13-14,16H,7,10-12H2,1-6H3/b9-8+/t16-/m0/s1. The minimum Gasteiger partial charge on any atom is -0.496 e. The third-order valence-electron chi connectivity index (χ3n) is 4.51. The van der Waals surface area contributed by atoms with E-state index in [2.05, 4.69) is 0 Å². The van der Waals surface area contributed by atoms with Crippen molar-refractivity contribution in [1.29, 1.82) is 0 Å². The predicted octanol–water partition coefficient (Wildman–Crippen LogP) is 3.67. The lowest BCUT2D eigenvalue weighted by Crippen LogP contribution is -2.44. The zero-order valence-corrected chi connectivity index (χ0v) is 18.5. The molecule has 0 radical (unpaired) electrons. The maximum atomic E-state index is 12.5. The maximum Gasteiger partial charge on any atom is 0.411 e. The van der Waals surface area contributed by atoms with Gasteiger partial charge in [-0.3, -0.25) is 4.90 Å². The number of hydrogen-bond donors (Lipinski definition) is 0. The monoisotopic (exact) mass is 421 g/mol. The molecule has 0 spiro atoms. The van der Waals surface area contributed by atoms with Crippen molar-refractivity contribution in [2.75, 3.05) is 34.5 Å². The van der Waals surface area contributed by atoms with E-state index in [4.69, 9.17) is 23.7 Å². The second-order valence-electron chi connectivity index (χ2n) is 7.81. The molecular formula is C22H31NO7. The summed E-state index contributed by atoms with van der Waals surface area (Å²) >= 11 is 0.